The van der Waals surface area contributed by atoms with Gasteiger partial charge < -0.3 is 19.7 Å². The van der Waals surface area contributed by atoms with Gasteiger partial charge in [-0.05, 0) is 61.7 Å². The normalized spacial score (nSPS) is 15.6. The molecule has 0 aromatic heterocycles. The summed E-state index contributed by atoms with van der Waals surface area (Å²) in [6, 6.07) is 11.4. The van der Waals surface area contributed by atoms with Crippen LogP contribution >= 0.6 is 0 Å². The van der Waals surface area contributed by atoms with Crippen molar-refractivity contribution in [2.75, 3.05) is 30.1 Å². The number of nitrogens with zero attached hydrogens (tertiary/aromatic N) is 1. The molecule has 0 saturated carbocycles. The fourth-order valence-corrected chi connectivity index (χ4v) is 3.19. The number of carbonyl (C=O) groups is 1. The zero-order valence-corrected chi connectivity index (χ0v) is 13.7. The number of hydrogen-bond acceptors (Lipinski definition) is 4. The van der Waals surface area contributed by atoms with Gasteiger partial charge in [-0.2, -0.15) is 0 Å². The van der Waals surface area contributed by atoms with E-state index in [4.69, 9.17) is 9.47 Å². The highest BCUT2D eigenvalue weighted by Gasteiger charge is 2.17. The number of fused-ring (bicyclic) bond motifs is 1. The molecule has 124 valence electrons. The predicted molar refractivity (Wildman–Crippen MR) is 93.1 cm³/mol. The Labute approximate surface area is 141 Å². The molecule has 0 aliphatic carbocycles. The summed E-state index contributed by atoms with van der Waals surface area (Å²) in [6.07, 6.45) is 2.50. The Morgan fingerprint density at radius 1 is 1.04 bits per heavy atom. The van der Waals surface area contributed by atoms with Gasteiger partial charge in [-0.15, -0.1) is 0 Å². The van der Waals surface area contributed by atoms with Crippen molar-refractivity contribution < 1.29 is 14.3 Å². The average Bonchev–Trinajstić information content (AvgIpc) is 3.27. The fourth-order valence-electron chi connectivity index (χ4n) is 3.19. The highest BCUT2D eigenvalue weighted by Crippen LogP contribution is 2.33. The summed E-state index contributed by atoms with van der Waals surface area (Å²) in [5.41, 5.74) is 3.68. The quantitative estimate of drug-likeness (QED) is 0.937. The van der Waals surface area contributed by atoms with E-state index in [1.54, 1.807) is 18.2 Å². The summed E-state index contributed by atoms with van der Waals surface area (Å²) in [6.45, 7) is 4.46. The van der Waals surface area contributed by atoms with Crippen LogP contribution in [0.1, 0.15) is 28.8 Å². The van der Waals surface area contributed by atoms with Crippen molar-refractivity contribution in [2.24, 2.45) is 0 Å². The van der Waals surface area contributed by atoms with Crippen molar-refractivity contribution in [3.05, 3.63) is 47.5 Å². The zero-order chi connectivity index (χ0) is 16.5. The molecular formula is C19H20N2O3. The molecule has 2 aliphatic heterocycles. The Hall–Kier alpha value is -2.69. The van der Waals surface area contributed by atoms with Gasteiger partial charge in [0.15, 0.2) is 11.5 Å². The van der Waals surface area contributed by atoms with Gasteiger partial charge in [0.25, 0.3) is 5.91 Å². The van der Waals surface area contributed by atoms with Crippen LogP contribution in [0.25, 0.3) is 0 Å². The zero-order valence-electron chi connectivity index (χ0n) is 13.7. The molecule has 1 N–H and O–H groups in total. The second-order valence-corrected chi connectivity index (χ2v) is 6.22. The Morgan fingerprint density at radius 3 is 2.62 bits per heavy atom. The Kier molecular flexibility index (Phi) is 3.76. The maximum absolute atomic E-state index is 12.5. The second kappa shape index (κ2) is 6.07. The number of rotatable bonds is 3. The molecule has 24 heavy (non-hydrogen) atoms. The lowest BCUT2D eigenvalue weighted by atomic mass is 10.1. The molecule has 5 heteroatoms. The molecule has 1 amide bonds. The summed E-state index contributed by atoms with van der Waals surface area (Å²) in [7, 11) is 0. The maximum Gasteiger partial charge on any atom is 0.255 e. The van der Waals surface area contributed by atoms with Crippen LogP contribution in [0.3, 0.4) is 0 Å². The molecule has 2 aliphatic rings. The number of carbonyl (C=O) groups excluding carboxylic acids is 1. The van der Waals surface area contributed by atoms with E-state index in [9.17, 15) is 4.79 Å². The van der Waals surface area contributed by atoms with E-state index in [2.05, 4.69) is 22.3 Å². The van der Waals surface area contributed by atoms with E-state index in [0.29, 0.717) is 17.1 Å². The van der Waals surface area contributed by atoms with Crippen molar-refractivity contribution in [3.63, 3.8) is 0 Å². The van der Waals surface area contributed by atoms with E-state index >= 15 is 0 Å². The molecule has 0 unspecified atom stereocenters. The highest BCUT2D eigenvalue weighted by atomic mass is 16.7. The second-order valence-electron chi connectivity index (χ2n) is 6.22. The lowest BCUT2D eigenvalue weighted by Gasteiger charge is -2.19. The average molecular weight is 324 g/mol. The van der Waals surface area contributed by atoms with Gasteiger partial charge in [-0.25, -0.2) is 0 Å². The van der Waals surface area contributed by atoms with Gasteiger partial charge >= 0.3 is 0 Å². The van der Waals surface area contributed by atoms with Crippen molar-refractivity contribution >= 4 is 17.3 Å². The van der Waals surface area contributed by atoms with Crippen molar-refractivity contribution in [2.45, 2.75) is 19.8 Å². The molecule has 1 fully saturated rings. The molecule has 2 heterocycles. The van der Waals surface area contributed by atoms with E-state index in [0.717, 1.165) is 24.3 Å². The predicted octanol–water partition coefficient (Wildman–Crippen LogP) is 3.58. The minimum Gasteiger partial charge on any atom is -0.454 e. The topological polar surface area (TPSA) is 50.8 Å². The molecule has 1 saturated heterocycles. The van der Waals surface area contributed by atoms with E-state index in [-0.39, 0.29) is 12.7 Å². The molecule has 0 radical (unpaired) electrons. The molecular weight excluding hydrogens is 304 g/mol. The van der Waals surface area contributed by atoms with E-state index in [1.807, 2.05) is 13.0 Å². The maximum atomic E-state index is 12.5. The highest BCUT2D eigenvalue weighted by molar-refractivity contribution is 6.05. The third-order valence-corrected chi connectivity index (χ3v) is 4.56. The number of nitrogens with one attached hydrogen (secondary N) is 1. The summed E-state index contributed by atoms with van der Waals surface area (Å²) in [5.74, 6) is 1.15. The largest absolute Gasteiger partial charge is 0.454 e. The first-order chi connectivity index (χ1) is 11.7. The van der Waals surface area contributed by atoms with Crippen LogP contribution in [-0.2, 0) is 0 Å². The van der Waals surface area contributed by atoms with Gasteiger partial charge in [-0.1, -0.05) is 0 Å². The van der Waals surface area contributed by atoms with Gasteiger partial charge in [-0.3, -0.25) is 4.79 Å². The molecule has 0 bridgehead atoms. The number of benzene rings is 2. The molecule has 0 atom stereocenters. The number of aryl methyl sites for hydroxylation is 1. The van der Waals surface area contributed by atoms with Crippen molar-refractivity contribution in [3.8, 4) is 11.5 Å². The molecule has 5 nitrogen and oxygen atoms in total. The van der Waals surface area contributed by atoms with Crippen molar-refractivity contribution in [1.29, 1.82) is 0 Å². The standard InChI is InChI=1S/C19H20N2O3/c1-13-10-15(21-8-2-3-9-21)5-6-16(13)20-19(22)14-4-7-17-18(11-14)24-12-23-17/h4-7,10-11H,2-3,8-9,12H2,1H3,(H,20,22). The van der Waals surface area contributed by atoms with Crippen LogP contribution in [-0.4, -0.2) is 25.8 Å². The molecule has 2 aromatic rings. The van der Waals surface area contributed by atoms with Gasteiger partial charge in [0.2, 0.25) is 6.79 Å². The van der Waals surface area contributed by atoms with Crippen LogP contribution in [0, 0.1) is 6.92 Å². The third-order valence-electron chi connectivity index (χ3n) is 4.56. The third kappa shape index (κ3) is 2.77. The Balaban J connectivity index is 1.51. The summed E-state index contributed by atoms with van der Waals surface area (Å²) >= 11 is 0. The first-order valence-corrected chi connectivity index (χ1v) is 8.27. The Morgan fingerprint density at radius 2 is 1.83 bits per heavy atom. The summed E-state index contributed by atoms with van der Waals surface area (Å²) in [5, 5.41) is 2.98. The summed E-state index contributed by atoms with van der Waals surface area (Å²) in [4.78, 5) is 14.9. The molecule has 2 aromatic carbocycles. The van der Waals surface area contributed by atoms with Crippen molar-refractivity contribution in [1.82, 2.24) is 0 Å². The van der Waals surface area contributed by atoms with Crippen LogP contribution in [0.5, 0.6) is 11.5 Å². The first-order valence-electron chi connectivity index (χ1n) is 8.27. The van der Waals surface area contributed by atoms with Crippen LogP contribution in [0.15, 0.2) is 36.4 Å². The van der Waals surface area contributed by atoms with Crippen LogP contribution in [0.4, 0.5) is 11.4 Å². The number of anilines is 2. The lowest BCUT2D eigenvalue weighted by molar-refractivity contribution is 0.102. The first kappa shape index (κ1) is 14.9. The molecule has 0 spiro atoms. The smallest absolute Gasteiger partial charge is 0.255 e. The number of hydrogen-bond donors (Lipinski definition) is 1. The minimum atomic E-state index is -0.148. The lowest BCUT2D eigenvalue weighted by Crippen LogP contribution is -2.18. The van der Waals surface area contributed by atoms with E-state index in [1.165, 1.54) is 18.5 Å². The molecule has 4 rings (SSSR count). The van der Waals surface area contributed by atoms with Crippen LogP contribution < -0.4 is 19.7 Å². The monoisotopic (exact) mass is 324 g/mol. The summed E-state index contributed by atoms with van der Waals surface area (Å²) < 4.78 is 10.6. The van der Waals surface area contributed by atoms with E-state index < -0.39 is 0 Å². The van der Waals surface area contributed by atoms with Gasteiger partial charge in [0.1, 0.15) is 0 Å². The number of ether oxygens (including phenoxy) is 2. The SMILES string of the molecule is Cc1cc(N2CCCC2)ccc1NC(=O)c1ccc2c(c1)OCO2. The Bertz CT molecular complexity index is 782. The van der Waals surface area contributed by atoms with Crippen LogP contribution in [0.2, 0.25) is 0 Å². The van der Waals surface area contributed by atoms with Gasteiger partial charge in [0.05, 0.1) is 0 Å². The number of amides is 1. The fraction of sp³-hybridized carbons (Fsp3) is 0.316. The van der Waals surface area contributed by atoms with Gasteiger partial charge in [0, 0.05) is 30.0 Å². The minimum absolute atomic E-state index is 0.148.